The van der Waals surface area contributed by atoms with Crippen LogP contribution in [0.4, 0.5) is 0 Å². The average Bonchev–Trinajstić information content (AvgIpc) is 2.71. The van der Waals surface area contributed by atoms with E-state index in [9.17, 15) is 4.79 Å². The molecule has 0 unspecified atom stereocenters. The van der Waals surface area contributed by atoms with Crippen LogP contribution in [0, 0.1) is 5.92 Å². The van der Waals surface area contributed by atoms with E-state index in [-0.39, 0.29) is 5.91 Å². The summed E-state index contributed by atoms with van der Waals surface area (Å²) in [6, 6.07) is 11.1. The van der Waals surface area contributed by atoms with Crippen molar-refractivity contribution in [2.45, 2.75) is 40.2 Å². The van der Waals surface area contributed by atoms with Gasteiger partial charge in [-0.25, -0.2) is 0 Å². The van der Waals surface area contributed by atoms with E-state index in [0.29, 0.717) is 48.5 Å². The molecule has 0 heterocycles. The molecule has 29 heavy (non-hydrogen) atoms. The van der Waals surface area contributed by atoms with Gasteiger partial charge in [-0.15, -0.1) is 0 Å². The van der Waals surface area contributed by atoms with E-state index in [2.05, 4.69) is 35.1 Å². The van der Waals surface area contributed by atoms with Gasteiger partial charge in [0.1, 0.15) is 5.75 Å². The van der Waals surface area contributed by atoms with Crippen molar-refractivity contribution in [1.29, 1.82) is 0 Å². The van der Waals surface area contributed by atoms with Gasteiger partial charge in [-0.05, 0) is 54.7 Å². The van der Waals surface area contributed by atoms with Gasteiger partial charge < -0.3 is 19.5 Å². The summed E-state index contributed by atoms with van der Waals surface area (Å²) >= 11 is 3.42. The van der Waals surface area contributed by atoms with Gasteiger partial charge in [0, 0.05) is 11.0 Å². The lowest BCUT2D eigenvalue weighted by Crippen LogP contribution is -2.23. The Morgan fingerprint density at radius 2 is 1.76 bits per heavy atom. The Labute approximate surface area is 181 Å². The van der Waals surface area contributed by atoms with E-state index >= 15 is 0 Å². The Morgan fingerprint density at radius 1 is 1.03 bits per heavy atom. The van der Waals surface area contributed by atoms with Crippen LogP contribution < -0.4 is 19.5 Å². The maximum atomic E-state index is 12.7. The van der Waals surface area contributed by atoms with Crippen LogP contribution in [0.25, 0.3) is 0 Å². The zero-order valence-corrected chi connectivity index (χ0v) is 19.2. The molecular weight excluding hydrogens is 434 g/mol. The molecule has 2 rings (SSSR count). The van der Waals surface area contributed by atoms with E-state index in [4.69, 9.17) is 14.2 Å². The smallest absolute Gasteiger partial charge is 0.255 e. The van der Waals surface area contributed by atoms with E-state index in [1.54, 1.807) is 19.2 Å². The molecule has 0 saturated carbocycles. The first-order valence-electron chi connectivity index (χ1n) is 9.94. The molecule has 1 amide bonds. The maximum absolute atomic E-state index is 12.7. The van der Waals surface area contributed by atoms with Crippen LogP contribution in [-0.2, 0) is 6.54 Å². The number of halogens is 1. The van der Waals surface area contributed by atoms with E-state index in [1.165, 1.54) is 0 Å². The van der Waals surface area contributed by atoms with Gasteiger partial charge in [0.15, 0.2) is 11.5 Å². The first-order chi connectivity index (χ1) is 13.9. The second-order valence-electron chi connectivity index (χ2n) is 7.19. The Bertz CT molecular complexity index is 807. The van der Waals surface area contributed by atoms with Crippen LogP contribution >= 0.6 is 15.9 Å². The summed E-state index contributed by atoms with van der Waals surface area (Å²) in [5.74, 6) is 2.35. The lowest BCUT2D eigenvalue weighted by Gasteiger charge is -2.14. The lowest BCUT2D eigenvalue weighted by atomic mass is 10.1. The second kappa shape index (κ2) is 11.7. The monoisotopic (exact) mass is 463 g/mol. The largest absolute Gasteiger partial charge is 0.493 e. The zero-order chi connectivity index (χ0) is 21.2. The van der Waals surface area contributed by atoms with Crippen LogP contribution in [0.2, 0.25) is 0 Å². The summed E-state index contributed by atoms with van der Waals surface area (Å²) < 4.78 is 17.8. The van der Waals surface area contributed by atoms with Gasteiger partial charge >= 0.3 is 0 Å². The van der Waals surface area contributed by atoms with Gasteiger partial charge in [-0.3, -0.25) is 4.79 Å². The van der Waals surface area contributed by atoms with Crippen molar-refractivity contribution in [3.8, 4) is 17.2 Å². The minimum absolute atomic E-state index is 0.186. The Kier molecular flexibility index (Phi) is 9.32. The van der Waals surface area contributed by atoms with E-state index in [1.807, 2.05) is 31.2 Å². The van der Waals surface area contributed by atoms with Gasteiger partial charge in [-0.1, -0.05) is 42.8 Å². The third-order valence-corrected chi connectivity index (χ3v) is 4.78. The number of carbonyl (C=O) groups excluding carboxylic acids is 1. The third-order valence-electron chi connectivity index (χ3n) is 4.28. The van der Waals surface area contributed by atoms with Gasteiger partial charge in [0.05, 0.1) is 25.9 Å². The van der Waals surface area contributed by atoms with E-state index < -0.39 is 0 Å². The average molecular weight is 464 g/mol. The van der Waals surface area contributed by atoms with Crippen molar-refractivity contribution in [2.75, 3.05) is 20.3 Å². The van der Waals surface area contributed by atoms with Gasteiger partial charge in [0.25, 0.3) is 5.91 Å². The summed E-state index contributed by atoms with van der Waals surface area (Å²) in [7, 11) is 1.62. The molecule has 0 atom stereocenters. The van der Waals surface area contributed by atoms with Crippen molar-refractivity contribution in [3.05, 3.63) is 52.0 Å². The fourth-order valence-electron chi connectivity index (χ4n) is 2.64. The molecule has 0 aliphatic heterocycles. The first-order valence-corrected chi connectivity index (χ1v) is 10.7. The molecule has 0 aliphatic rings. The molecule has 1 N–H and O–H groups in total. The Balaban J connectivity index is 2.04. The number of benzene rings is 2. The Morgan fingerprint density at radius 3 is 2.45 bits per heavy atom. The molecule has 2 aromatic rings. The number of hydrogen-bond donors (Lipinski definition) is 1. The predicted octanol–water partition coefficient (Wildman–Crippen LogP) is 5.60. The number of methoxy groups -OCH3 is 1. The normalized spacial score (nSPS) is 10.7. The molecule has 0 spiro atoms. The highest BCUT2D eigenvalue weighted by Gasteiger charge is 2.14. The van der Waals surface area contributed by atoms with Crippen molar-refractivity contribution >= 4 is 21.8 Å². The number of ether oxygens (including phenoxy) is 3. The number of carbonyl (C=O) groups is 1. The first kappa shape index (κ1) is 23.1. The van der Waals surface area contributed by atoms with E-state index in [0.717, 1.165) is 22.9 Å². The zero-order valence-electron chi connectivity index (χ0n) is 17.6. The van der Waals surface area contributed by atoms with Crippen LogP contribution in [0.5, 0.6) is 17.2 Å². The predicted molar refractivity (Wildman–Crippen MR) is 119 cm³/mol. The molecule has 5 nitrogen and oxygen atoms in total. The molecule has 0 aromatic heterocycles. The van der Waals surface area contributed by atoms with Crippen LogP contribution in [0.15, 0.2) is 40.9 Å². The molecule has 0 fully saturated rings. The second-order valence-corrected chi connectivity index (χ2v) is 8.10. The van der Waals surface area contributed by atoms with Gasteiger partial charge in [-0.2, -0.15) is 0 Å². The van der Waals surface area contributed by atoms with Crippen LogP contribution in [-0.4, -0.2) is 26.2 Å². The van der Waals surface area contributed by atoms with Crippen molar-refractivity contribution in [3.63, 3.8) is 0 Å². The number of nitrogens with one attached hydrogen (secondary N) is 1. The van der Waals surface area contributed by atoms with Gasteiger partial charge in [0.2, 0.25) is 0 Å². The number of hydrogen-bond acceptors (Lipinski definition) is 4. The standard InChI is InChI=1S/C23H30BrNO4/c1-5-11-28-20-9-7-18(24)14-19(20)23(26)25-15-17-6-8-21(22(13-17)27-4)29-12-10-16(2)3/h6-9,13-14,16H,5,10-12,15H2,1-4H3,(H,25,26). The molecule has 0 radical (unpaired) electrons. The third kappa shape index (κ3) is 7.28. The summed E-state index contributed by atoms with van der Waals surface area (Å²) in [6.07, 6.45) is 1.86. The topological polar surface area (TPSA) is 56.8 Å². The summed E-state index contributed by atoms with van der Waals surface area (Å²) in [5.41, 5.74) is 1.44. The molecule has 0 bridgehead atoms. The molecule has 0 saturated heterocycles. The molecule has 2 aromatic carbocycles. The fraction of sp³-hybridized carbons (Fsp3) is 0.435. The lowest BCUT2D eigenvalue weighted by molar-refractivity contribution is 0.0946. The minimum Gasteiger partial charge on any atom is -0.493 e. The maximum Gasteiger partial charge on any atom is 0.255 e. The quantitative estimate of drug-likeness (QED) is 0.470. The summed E-state index contributed by atoms with van der Waals surface area (Å²) in [6.45, 7) is 7.95. The fourth-order valence-corrected chi connectivity index (χ4v) is 3.00. The molecule has 158 valence electrons. The highest BCUT2D eigenvalue weighted by molar-refractivity contribution is 9.10. The van der Waals surface area contributed by atoms with Crippen LogP contribution in [0.3, 0.4) is 0 Å². The van der Waals surface area contributed by atoms with Crippen LogP contribution in [0.1, 0.15) is 49.5 Å². The highest BCUT2D eigenvalue weighted by atomic mass is 79.9. The van der Waals surface area contributed by atoms with Crippen molar-refractivity contribution in [2.24, 2.45) is 5.92 Å². The van der Waals surface area contributed by atoms with Crippen molar-refractivity contribution in [1.82, 2.24) is 5.32 Å². The summed E-state index contributed by atoms with van der Waals surface area (Å²) in [4.78, 5) is 12.7. The SMILES string of the molecule is CCCOc1ccc(Br)cc1C(=O)NCc1ccc(OCCC(C)C)c(OC)c1. The molecular formula is C23H30BrNO4. The highest BCUT2D eigenvalue weighted by Crippen LogP contribution is 2.29. The molecule has 6 heteroatoms. The van der Waals surface area contributed by atoms with Crippen molar-refractivity contribution < 1.29 is 19.0 Å². The number of amides is 1. The Hall–Kier alpha value is -2.21. The number of rotatable bonds is 11. The molecule has 0 aliphatic carbocycles. The summed E-state index contributed by atoms with van der Waals surface area (Å²) in [5, 5.41) is 2.95. The minimum atomic E-state index is -0.186.